The molecule has 0 aromatic heterocycles. The predicted octanol–water partition coefficient (Wildman–Crippen LogP) is 1.26. The molecule has 7 nitrogen and oxygen atoms in total. The van der Waals surface area contributed by atoms with Gasteiger partial charge in [-0.3, -0.25) is 13.8 Å². The molecule has 1 aromatic rings. The van der Waals surface area contributed by atoms with Crippen LogP contribution < -0.4 is 10.8 Å². The Morgan fingerprint density at radius 2 is 1.75 bits per heavy atom. The summed E-state index contributed by atoms with van der Waals surface area (Å²) in [4.78, 5) is 16.6. The lowest BCUT2D eigenvalue weighted by Crippen LogP contribution is -2.30. The van der Waals surface area contributed by atoms with Crippen molar-refractivity contribution in [3.05, 3.63) is 35.9 Å². The number of carbonyl (C=O) groups excluding carboxylic acids is 1. The molecule has 0 unspecified atom stereocenters. The number of amides is 1. The first-order valence-corrected chi connectivity index (χ1v) is 9.79. The molecule has 0 bridgehead atoms. The zero-order valence-corrected chi connectivity index (χ0v) is 15.4. The third-order valence-electron chi connectivity index (χ3n) is 2.61. The van der Waals surface area contributed by atoms with Gasteiger partial charge in [-0.2, -0.15) is 8.42 Å². The van der Waals surface area contributed by atoms with Crippen molar-refractivity contribution in [2.24, 2.45) is 0 Å². The molecular weight excluding hydrogens is 332 g/mol. The second-order valence-electron chi connectivity index (χ2n) is 4.60. The highest BCUT2D eigenvalue weighted by Crippen LogP contribution is 2.01. The fourth-order valence-electron chi connectivity index (χ4n) is 1.61. The molecule has 0 saturated heterocycles. The molecule has 8 heteroatoms. The van der Waals surface area contributed by atoms with Crippen molar-refractivity contribution in [3.63, 3.8) is 0 Å². The Hall–Kier alpha value is -1.48. The average molecular weight is 360 g/mol. The Balaban J connectivity index is 0.00000254. The summed E-state index contributed by atoms with van der Waals surface area (Å²) >= 11 is 0. The minimum absolute atomic E-state index is 0.00225. The Labute approximate surface area is 144 Å². The second-order valence-corrected chi connectivity index (χ2v) is 6.25. The van der Waals surface area contributed by atoms with E-state index in [0.29, 0.717) is 19.4 Å². The largest absolute Gasteiger partial charge is 0.354 e. The maximum atomic E-state index is 11.6. The Morgan fingerprint density at radius 3 is 2.38 bits per heavy atom. The Morgan fingerprint density at radius 1 is 1.08 bits per heavy atom. The fraction of sp³-hybridized carbons (Fsp3) is 0.562. The summed E-state index contributed by atoms with van der Waals surface area (Å²) in [6.45, 7) is 4.92. The van der Waals surface area contributed by atoms with Gasteiger partial charge in [-0.05, 0) is 12.0 Å². The minimum Gasteiger partial charge on any atom is -0.354 e. The van der Waals surface area contributed by atoms with Crippen molar-refractivity contribution in [1.29, 1.82) is 0 Å². The van der Waals surface area contributed by atoms with E-state index in [9.17, 15) is 13.2 Å². The Kier molecular flexibility index (Phi) is 13.1. The van der Waals surface area contributed by atoms with Crippen LogP contribution in [0.25, 0.3) is 0 Å². The number of hydroxylamine groups is 1. The fourth-order valence-corrected chi connectivity index (χ4v) is 2.00. The monoisotopic (exact) mass is 360 g/mol. The molecule has 24 heavy (non-hydrogen) atoms. The molecule has 0 fully saturated rings. The van der Waals surface area contributed by atoms with Crippen LogP contribution in [0, 0.1) is 0 Å². The quantitative estimate of drug-likeness (QED) is 0.351. The summed E-state index contributed by atoms with van der Waals surface area (Å²) in [6, 6.07) is 9.80. The average Bonchev–Trinajstić information content (AvgIpc) is 2.57. The van der Waals surface area contributed by atoms with Crippen LogP contribution in [0.3, 0.4) is 0 Å². The highest BCUT2D eigenvalue weighted by Gasteiger charge is 2.02. The van der Waals surface area contributed by atoms with E-state index in [-0.39, 0.29) is 25.7 Å². The van der Waals surface area contributed by atoms with E-state index in [1.165, 1.54) is 0 Å². The predicted molar refractivity (Wildman–Crippen MR) is 93.9 cm³/mol. The molecule has 1 rings (SSSR count). The van der Waals surface area contributed by atoms with Crippen molar-refractivity contribution in [2.45, 2.75) is 26.7 Å². The summed E-state index contributed by atoms with van der Waals surface area (Å²) in [5.41, 5.74) is 3.68. The summed E-state index contributed by atoms with van der Waals surface area (Å²) in [5, 5.41) is 2.74. The number of hydrogen-bond donors (Lipinski definition) is 2. The van der Waals surface area contributed by atoms with Crippen LogP contribution in [0.1, 0.15) is 25.8 Å². The van der Waals surface area contributed by atoms with Crippen molar-refractivity contribution in [2.75, 3.05) is 32.6 Å². The Bertz CT molecular complexity index is 535. The minimum atomic E-state index is -3.41. The zero-order valence-electron chi connectivity index (χ0n) is 14.6. The molecule has 0 radical (unpaired) electrons. The summed E-state index contributed by atoms with van der Waals surface area (Å²) < 4.78 is 25.8. The van der Waals surface area contributed by atoms with Gasteiger partial charge in [0.2, 0.25) is 5.91 Å². The summed E-state index contributed by atoms with van der Waals surface area (Å²) in [7, 11) is -3.41. The van der Waals surface area contributed by atoms with Gasteiger partial charge >= 0.3 is 0 Å². The van der Waals surface area contributed by atoms with Gasteiger partial charge in [-0.1, -0.05) is 44.2 Å². The molecule has 0 atom stereocenters. The summed E-state index contributed by atoms with van der Waals surface area (Å²) in [6.07, 6.45) is 2.12. The smallest absolute Gasteiger partial charge is 0.264 e. The lowest BCUT2D eigenvalue weighted by molar-refractivity contribution is -0.121. The first kappa shape index (κ1) is 22.5. The number of aryl methyl sites for hydroxylation is 1. The second kappa shape index (κ2) is 13.9. The first-order chi connectivity index (χ1) is 11.5. The van der Waals surface area contributed by atoms with Crippen LogP contribution in [0.4, 0.5) is 0 Å². The molecule has 0 aliphatic carbocycles. The van der Waals surface area contributed by atoms with Crippen LogP contribution in [0.15, 0.2) is 30.3 Å². The molecule has 2 N–H and O–H groups in total. The van der Waals surface area contributed by atoms with Gasteiger partial charge in [0.1, 0.15) is 0 Å². The van der Waals surface area contributed by atoms with E-state index < -0.39 is 10.1 Å². The molecule has 1 amide bonds. The zero-order chi connectivity index (χ0) is 18.3. The molecular formula is C16H28N2O5S. The van der Waals surface area contributed by atoms with Crippen LogP contribution in [-0.4, -0.2) is 46.9 Å². The van der Waals surface area contributed by atoms with E-state index in [4.69, 9.17) is 4.84 Å². The van der Waals surface area contributed by atoms with Crippen molar-refractivity contribution < 1.29 is 22.2 Å². The van der Waals surface area contributed by atoms with E-state index in [2.05, 4.69) is 15.0 Å². The highest BCUT2D eigenvalue weighted by atomic mass is 32.2. The van der Waals surface area contributed by atoms with E-state index in [0.717, 1.165) is 11.8 Å². The van der Waals surface area contributed by atoms with Crippen molar-refractivity contribution >= 4 is 16.0 Å². The normalized spacial score (nSPS) is 10.6. The number of rotatable bonds is 11. The van der Waals surface area contributed by atoms with Crippen LogP contribution in [0.2, 0.25) is 0 Å². The third-order valence-corrected chi connectivity index (χ3v) is 3.21. The molecule has 0 spiro atoms. The van der Waals surface area contributed by atoms with Gasteiger partial charge in [-0.15, -0.1) is 0 Å². The van der Waals surface area contributed by atoms with Crippen LogP contribution >= 0.6 is 0 Å². The van der Waals surface area contributed by atoms with Crippen LogP contribution in [-0.2, 0) is 30.4 Å². The van der Waals surface area contributed by atoms with Gasteiger partial charge in [0, 0.05) is 19.5 Å². The van der Waals surface area contributed by atoms with Gasteiger partial charge in [-0.25, -0.2) is 5.48 Å². The molecule has 138 valence electrons. The maximum absolute atomic E-state index is 11.6. The SMILES string of the molecule is CC.CS(=O)(=O)OCCNOCCNC(=O)CCc1ccccc1. The molecule has 0 aliphatic rings. The van der Waals surface area contributed by atoms with Crippen LogP contribution in [0.5, 0.6) is 0 Å². The lowest BCUT2D eigenvalue weighted by atomic mass is 10.1. The lowest BCUT2D eigenvalue weighted by Gasteiger charge is -2.07. The number of carbonyl (C=O) groups is 1. The summed E-state index contributed by atoms with van der Waals surface area (Å²) in [5.74, 6) is -0.0344. The molecule has 0 heterocycles. The highest BCUT2D eigenvalue weighted by molar-refractivity contribution is 7.85. The van der Waals surface area contributed by atoms with Gasteiger partial charge < -0.3 is 5.32 Å². The van der Waals surface area contributed by atoms with E-state index in [1.54, 1.807) is 0 Å². The maximum Gasteiger partial charge on any atom is 0.264 e. The van der Waals surface area contributed by atoms with E-state index >= 15 is 0 Å². The number of benzene rings is 1. The molecule has 1 aromatic carbocycles. The van der Waals surface area contributed by atoms with Gasteiger partial charge in [0.05, 0.1) is 19.5 Å². The number of hydrogen-bond acceptors (Lipinski definition) is 6. The third kappa shape index (κ3) is 14.1. The van der Waals surface area contributed by atoms with E-state index in [1.807, 2.05) is 44.2 Å². The van der Waals surface area contributed by atoms with Gasteiger partial charge in [0.15, 0.2) is 0 Å². The van der Waals surface area contributed by atoms with Crippen molar-refractivity contribution in [1.82, 2.24) is 10.8 Å². The topological polar surface area (TPSA) is 93.7 Å². The number of nitrogens with one attached hydrogen (secondary N) is 2. The van der Waals surface area contributed by atoms with Gasteiger partial charge in [0.25, 0.3) is 10.1 Å². The van der Waals surface area contributed by atoms with Crippen molar-refractivity contribution in [3.8, 4) is 0 Å². The molecule has 0 aliphatic heterocycles. The first-order valence-electron chi connectivity index (χ1n) is 7.97. The molecule has 0 saturated carbocycles. The standard InChI is InChI=1S/C14H22N2O5S.C2H6/c1-22(18,19)21-12-10-16-20-11-9-15-14(17)8-7-13-5-3-2-4-6-13;1-2/h2-6,16H,7-12H2,1H3,(H,15,17);1-2H3.